The zero-order valence-corrected chi connectivity index (χ0v) is 16.7. The third-order valence-electron chi connectivity index (χ3n) is 5.01. The number of ketones is 1. The van der Waals surface area contributed by atoms with Crippen LogP contribution in [0.25, 0.3) is 0 Å². The van der Waals surface area contributed by atoms with Gasteiger partial charge in [0.2, 0.25) is 0 Å². The number of fused-ring (bicyclic) bond motifs is 1. The number of carbonyl (C=O) groups is 2. The van der Waals surface area contributed by atoms with E-state index in [2.05, 4.69) is 11.0 Å². The molecular weight excluding hydrogens is 352 g/mol. The van der Waals surface area contributed by atoms with Crippen molar-refractivity contribution in [2.24, 2.45) is 0 Å². The van der Waals surface area contributed by atoms with Crippen molar-refractivity contribution in [3.05, 3.63) is 28.8 Å². The van der Waals surface area contributed by atoms with Gasteiger partial charge in [-0.3, -0.25) is 9.69 Å². The Morgan fingerprint density at radius 1 is 1.27 bits per heavy atom. The molecule has 2 aliphatic heterocycles. The second kappa shape index (κ2) is 7.10. The summed E-state index contributed by atoms with van der Waals surface area (Å²) in [6, 6.07) is 5.66. The monoisotopic (exact) mass is 378 g/mol. The molecule has 142 valence electrons. The highest BCUT2D eigenvalue weighted by atomic mass is 35.5. The third-order valence-corrected chi connectivity index (χ3v) is 5.25. The number of ether oxygens (including phenoxy) is 1. The number of benzene rings is 1. The van der Waals surface area contributed by atoms with Gasteiger partial charge in [0.15, 0.2) is 5.78 Å². The number of amides is 1. The van der Waals surface area contributed by atoms with Crippen LogP contribution in [0, 0.1) is 0 Å². The number of carbonyl (C=O) groups excluding carboxylic acids is 2. The highest BCUT2D eigenvalue weighted by Crippen LogP contribution is 2.35. The van der Waals surface area contributed by atoms with E-state index in [-0.39, 0.29) is 11.8 Å². The molecule has 1 saturated heterocycles. The van der Waals surface area contributed by atoms with Crippen LogP contribution in [0.2, 0.25) is 5.02 Å². The van der Waals surface area contributed by atoms with Crippen LogP contribution < -0.4 is 4.90 Å². The Labute approximate surface area is 160 Å². The molecule has 0 saturated carbocycles. The van der Waals surface area contributed by atoms with E-state index in [1.165, 1.54) is 11.3 Å². The standard InChI is InChI=1S/C20H27ClN2O3/c1-13(24)18-11-16(12-23(18)19(25)26-20(2,3)4)22-9-5-6-14-10-15(21)7-8-17(14)22/h7-8,10,16,18H,5-6,9,11-12H2,1-4H3/t16-,18-/m0/s1. The molecule has 0 unspecified atom stereocenters. The Balaban J connectivity index is 1.83. The summed E-state index contributed by atoms with van der Waals surface area (Å²) >= 11 is 6.14. The minimum atomic E-state index is -0.578. The molecule has 0 spiro atoms. The number of hydrogen-bond acceptors (Lipinski definition) is 4. The summed E-state index contributed by atoms with van der Waals surface area (Å²) in [4.78, 5) is 28.7. The van der Waals surface area contributed by atoms with Crippen molar-refractivity contribution < 1.29 is 14.3 Å². The lowest BCUT2D eigenvalue weighted by Gasteiger charge is -2.36. The number of Topliss-reactive ketones (excluding diaryl/α,β-unsaturated/α-hetero) is 1. The van der Waals surface area contributed by atoms with Crippen molar-refractivity contribution in [2.45, 2.75) is 64.6 Å². The molecule has 2 heterocycles. The maximum Gasteiger partial charge on any atom is 0.410 e. The topological polar surface area (TPSA) is 49.9 Å². The number of rotatable bonds is 2. The molecule has 3 rings (SSSR count). The van der Waals surface area contributed by atoms with Gasteiger partial charge in [-0.25, -0.2) is 4.79 Å². The summed E-state index contributed by atoms with van der Waals surface area (Å²) in [7, 11) is 0. The molecular formula is C20H27ClN2O3. The van der Waals surface area contributed by atoms with Crippen molar-refractivity contribution in [1.29, 1.82) is 0 Å². The molecule has 1 fully saturated rings. The van der Waals surface area contributed by atoms with Crippen LogP contribution in [0.15, 0.2) is 18.2 Å². The van der Waals surface area contributed by atoms with Gasteiger partial charge in [-0.05, 0) is 70.7 Å². The van der Waals surface area contributed by atoms with Crippen molar-refractivity contribution in [2.75, 3.05) is 18.0 Å². The minimum Gasteiger partial charge on any atom is -0.444 e. The van der Waals surface area contributed by atoms with Crippen LogP contribution in [-0.2, 0) is 16.0 Å². The van der Waals surface area contributed by atoms with Gasteiger partial charge < -0.3 is 9.64 Å². The average Bonchev–Trinajstić information content (AvgIpc) is 2.98. The zero-order chi connectivity index (χ0) is 19.1. The van der Waals surface area contributed by atoms with Gasteiger partial charge in [0.25, 0.3) is 0 Å². The fraction of sp³-hybridized carbons (Fsp3) is 0.600. The van der Waals surface area contributed by atoms with Crippen molar-refractivity contribution in [3.63, 3.8) is 0 Å². The predicted molar refractivity (Wildman–Crippen MR) is 103 cm³/mol. The Morgan fingerprint density at radius 2 is 2.00 bits per heavy atom. The van der Waals surface area contributed by atoms with Crippen LogP contribution >= 0.6 is 11.6 Å². The van der Waals surface area contributed by atoms with E-state index in [4.69, 9.17) is 16.3 Å². The highest BCUT2D eigenvalue weighted by Gasteiger charge is 2.42. The lowest BCUT2D eigenvalue weighted by atomic mass is 9.98. The lowest BCUT2D eigenvalue weighted by molar-refractivity contribution is -0.121. The quantitative estimate of drug-likeness (QED) is 0.778. The first-order chi connectivity index (χ1) is 12.2. The van der Waals surface area contributed by atoms with Gasteiger partial charge in [0.05, 0.1) is 6.04 Å². The Hall–Kier alpha value is -1.75. The number of likely N-dealkylation sites (tertiary alicyclic amines) is 1. The van der Waals surface area contributed by atoms with Gasteiger partial charge in [-0.15, -0.1) is 0 Å². The van der Waals surface area contributed by atoms with E-state index in [0.29, 0.717) is 13.0 Å². The Morgan fingerprint density at radius 3 is 2.65 bits per heavy atom. The van der Waals surface area contributed by atoms with Gasteiger partial charge in [-0.1, -0.05) is 11.6 Å². The number of aryl methyl sites for hydroxylation is 1. The van der Waals surface area contributed by atoms with E-state index >= 15 is 0 Å². The first-order valence-electron chi connectivity index (χ1n) is 9.21. The van der Waals surface area contributed by atoms with Crippen LogP contribution in [0.5, 0.6) is 0 Å². The van der Waals surface area contributed by atoms with E-state index in [1.807, 2.05) is 32.9 Å². The molecule has 0 aromatic heterocycles. The van der Waals surface area contributed by atoms with E-state index in [9.17, 15) is 9.59 Å². The number of hydrogen-bond donors (Lipinski definition) is 0. The maximum absolute atomic E-state index is 12.6. The van der Waals surface area contributed by atoms with E-state index in [1.54, 1.807) is 11.8 Å². The maximum atomic E-state index is 12.6. The molecule has 0 bridgehead atoms. The largest absolute Gasteiger partial charge is 0.444 e. The SMILES string of the molecule is CC(=O)[C@@H]1C[C@H](N2CCCc3cc(Cl)ccc32)CN1C(=O)OC(C)(C)C. The minimum absolute atomic E-state index is 0.00620. The molecule has 2 atom stereocenters. The molecule has 0 radical (unpaired) electrons. The molecule has 0 N–H and O–H groups in total. The summed E-state index contributed by atoms with van der Waals surface area (Å²) in [5, 5.41) is 0.744. The molecule has 2 aliphatic rings. The summed E-state index contributed by atoms with van der Waals surface area (Å²) in [5.41, 5.74) is 1.82. The van der Waals surface area contributed by atoms with Crippen molar-refractivity contribution in [3.8, 4) is 0 Å². The number of nitrogens with zero attached hydrogens (tertiary/aromatic N) is 2. The van der Waals surface area contributed by atoms with Crippen LogP contribution in [0.3, 0.4) is 0 Å². The molecule has 1 aromatic rings. The number of anilines is 1. The van der Waals surface area contributed by atoms with Gasteiger partial charge >= 0.3 is 6.09 Å². The Kier molecular flexibility index (Phi) is 5.20. The Bertz CT molecular complexity index is 713. The fourth-order valence-electron chi connectivity index (χ4n) is 3.92. The van der Waals surface area contributed by atoms with Crippen LogP contribution in [-0.4, -0.2) is 47.6 Å². The smallest absolute Gasteiger partial charge is 0.410 e. The van der Waals surface area contributed by atoms with E-state index in [0.717, 1.165) is 24.4 Å². The second-order valence-electron chi connectivity index (χ2n) is 8.22. The summed E-state index contributed by atoms with van der Waals surface area (Å²) in [6.07, 6.45) is 2.27. The highest BCUT2D eigenvalue weighted by molar-refractivity contribution is 6.30. The zero-order valence-electron chi connectivity index (χ0n) is 15.9. The molecule has 26 heavy (non-hydrogen) atoms. The van der Waals surface area contributed by atoms with E-state index < -0.39 is 17.7 Å². The van der Waals surface area contributed by atoms with Crippen LogP contribution in [0.4, 0.5) is 10.5 Å². The van der Waals surface area contributed by atoms with Crippen molar-refractivity contribution in [1.82, 2.24) is 4.90 Å². The van der Waals surface area contributed by atoms with Gasteiger partial charge in [0.1, 0.15) is 5.60 Å². The second-order valence-corrected chi connectivity index (χ2v) is 8.66. The molecule has 5 nitrogen and oxygen atoms in total. The lowest BCUT2D eigenvalue weighted by Crippen LogP contribution is -2.44. The van der Waals surface area contributed by atoms with Crippen LogP contribution in [0.1, 0.15) is 46.1 Å². The molecule has 6 heteroatoms. The summed E-state index contributed by atoms with van der Waals surface area (Å²) < 4.78 is 5.52. The normalized spacial score (nSPS) is 23.0. The summed E-state index contributed by atoms with van der Waals surface area (Å²) in [6.45, 7) is 8.49. The number of halogens is 1. The third kappa shape index (κ3) is 3.98. The first-order valence-corrected chi connectivity index (χ1v) is 9.58. The van der Waals surface area contributed by atoms with Gasteiger partial charge in [0, 0.05) is 29.8 Å². The fourth-order valence-corrected chi connectivity index (χ4v) is 4.12. The first kappa shape index (κ1) is 19.0. The molecule has 1 amide bonds. The molecule has 0 aliphatic carbocycles. The predicted octanol–water partition coefficient (Wildman–Crippen LogP) is 4.06. The molecule has 1 aromatic carbocycles. The summed E-state index contributed by atoms with van der Waals surface area (Å²) in [5.74, 6) is 0.00620. The van der Waals surface area contributed by atoms with Crippen molar-refractivity contribution >= 4 is 29.2 Å². The van der Waals surface area contributed by atoms with Gasteiger partial charge in [-0.2, -0.15) is 0 Å². The average molecular weight is 379 g/mol.